The first-order valence-corrected chi connectivity index (χ1v) is 6.68. The van der Waals surface area contributed by atoms with E-state index in [0.717, 1.165) is 6.07 Å². The highest BCUT2D eigenvalue weighted by Gasteiger charge is 2.20. The highest BCUT2D eigenvalue weighted by molar-refractivity contribution is 6.20. The van der Waals surface area contributed by atoms with Gasteiger partial charge in [-0.2, -0.15) is 4.98 Å². The molecule has 1 unspecified atom stereocenters. The van der Waals surface area contributed by atoms with E-state index >= 15 is 0 Å². The summed E-state index contributed by atoms with van der Waals surface area (Å²) in [4.78, 5) is 8.24. The van der Waals surface area contributed by atoms with Gasteiger partial charge in [0.05, 0.1) is 10.9 Å². The van der Waals surface area contributed by atoms with E-state index in [1.54, 1.807) is 18.4 Å². The molecule has 0 aliphatic carbocycles. The number of halogens is 3. The van der Waals surface area contributed by atoms with E-state index in [2.05, 4.69) is 15.1 Å². The fourth-order valence-electron chi connectivity index (χ4n) is 2.18. The number of nitrogens with zero attached hydrogens (tertiary/aromatic N) is 4. The van der Waals surface area contributed by atoms with Gasteiger partial charge in [-0.1, -0.05) is 5.16 Å². The van der Waals surface area contributed by atoms with Gasteiger partial charge in [0, 0.05) is 6.07 Å². The molecule has 2 aromatic heterocycles. The van der Waals surface area contributed by atoms with Crippen LogP contribution in [0.2, 0.25) is 0 Å². The van der Waals surface area contributed by atoms with Crippen LogP contribution in [-0.4, -0.2) is 19.7 Å². The van der Waals surface area contributed by atoms with Crippen LogP contribution < -0.4 is 0 Å². The summed E-state index contributed by atoms with van der Waals surface area (Å²) in [6, 6.07) is 2.00. The lowest BCUT2D eigenvalue weighted by Crippen LogP contribution is -2.06. The number of imidazole rings is 1. The van der Waals surface area contributed by atoms with Gasteiger partial charge in [0.1, 0.15) is 23.7 Å². The van der Waals surface area contributed by atoms with Crippen molar-refractivity contribution in [3.63, 3.8) is 0 Å². The molecule has 110 valence electrons. The number of aromatic nitrogens is 4. The lowest BCUT2D eigenvalue weighted by Gasteiger charge is -2.07. The SMILES string of the molecule is Cc1noc(Cn2c(C(C)Cl)nc3c(F)cc(F)cc32)n1. The van der Waals surface area contributed by atoms with Crippen molar-refractivity contribution < 1.29 is 13.3 Å². The van der Waals surface area contributed by atoms with Crippen LogP contribution in [0.1, 0.15) is 29.8 Å². The molecule has 1 aromatic carbocycles. The Bertz CT molecular complexity index is 812. The molecule has 1 atom stereocenters. The van der Waals surface area contributed by atoms with Gasteiger partial charge in [-0.15, -0.1) is 11.6 Å². The molecule has 8 heteroatoms. The first kappa shape index (κ1) is 13.9. The molecular formula is C13H11ClF2N4O. The van der Waals surface area contributed by atoms with Gasteiger partial charge in [0.2, 0.25) is 5.89 Å². The zero-order chi connectivity index (χ0) is 15.1. The Labute approximate surface area is 123 Å². The summed E-state index contributed by atoms with van der Waals surface area (Å²) in [5, 5.41) is 3.20. The normalized spacial score (nSPS) is 13.0. The molecule has 3 aromatic rings. The summed E-state index contributed by atoms with van der Waals surface area (Å²) in [7, 11) is 0. The van der Waals surface area contributed by atoms with Crippen molar-refractivity contribution in [2.45, 2.75) is 25.8 Å². The van der Waals surface area contributed by atoms with E-state index in [9.17, 15) is 8.78 Å². The summed E-state index contributed by atoms with van der Waals surface area (Å²) >= 11 is 6.08. The van der Waals surface area contributed by atoms with Crippen molar-refractivity contribution in [2.75, 3.05) is 0 Å². The second-order valence-corrected chi connectivity index (χ2v) is 5.32. The van der Waals surface area contributed by atoms with Crippen LogP contribution >= 0.6 is 11.6 Å². The predicted octanol–water partition coefficient (Wildman–Crippen LogP) is 3.35. The summed E-state index contributed by atoms with van der Waals surface area (Å²) in [5.41, 5.74) is 0.362. The quantitative estimate of drug-likeness (QED) is 0.696. The highest BCUT2D eigenvalue weighted by Crippen LogP contribution is 2.27. The molecule has 21 heavy (non-hydrogen) atoms. The third-order valence-electron chi connectivity index (χ3n) is 3.02. The molecule has 0 aliphatic heterocycles. The Balaban J connectivity index is 2.20. The second kappa shape index (κ2) is 5.07. The molecule has 0 N–H and O–H groups in total. The van der Waals surface area contributed by atoms with Crippen LogP contribution in [-0.2, 0) is 6.54 Å². The van der Waals surface area contributed by atoms with Crippen LogP contribution in [0.5, 0.6) is 0 Å². The first-order chi connectivity index (χ1) is 9.95. The molecule has 0 aliphatic rings. The average molecular weight is 313 g/mol. The standard InChI is InChI=1S/C13H11ClF2N4O/c1-6(14)13-18-12-9(16)3-8(15)4-10(12)20(13)5-11-17-7(2)19-21-11/h3-4,6H,5H2,1-2H3. The van der Waals surface area contributed by atoms with Gasteiger partial charge < -0.3 is 9.09 Å². The maximum absolute atomic E-state index is 13.8. The highest BCUT2D eigenvalue weighted by atomic mass is 35.5. The number of hydrogen-bond acceptors (Lipinski definition) is 4. The minimum Gasteiger partial charge on any atom is -0.337 e. The van der Waals surface area contributed by atoms with Gasteiger partial charge in [0.15, 0.2) is 11.6 Å². The zero-order valence-electron chi connectivity index (χ0n) is 11.3. The Kier molecular flexibility index (Phi) is 3.36. The van der Waals surface area contributed by atoms with Gasteiger partial charge >= 0.3 is 0 Å². The maximum atomic E-state index is 13.8. The van der Waals surface area contributed by atoms with E-state index in [0.29, 0.717) is 23.1 Å². The van der Waals surface area contributed by atoms with Crippen LogP contribution in [0.4, 0.5) is 8.78 Å². The molecule has 0 spiro atoms. The number of rotatable bonds is 3. The third kappa shape index (κ3) is 2.49. The Morgan fingerprint density at radius 1 is 1.33 bits per heavy atom. The topological polar surface area (TPSA) is 56.7 Å². The van der Waals surface area contributed by atoms with Crippen molar-refractivity contribution in [1.82, 2.24) is 19.7 Å². The molecule has 0 radical (unpaired) electrons. The van der Waals surface area contributed by atoms with Crippen LogP contribution in [0, 0.1) is 18.6 Å². The van der Waals surface area contributed by atoms with E-state index in [-0.39, 0.29) is 12.1 Å². The summed E-state index contributed by atoms with van der Waals surface area (Å²) in [5.74, 6) is -0.213. The van der Waals surface area contributed by atoms with Crippen LogP contribution in [0.25, 0.3) is 11.0 Å². The maximum Gasteiger partial charge on any atom is 0.246 e. The van der Waals surface area contributed by atoms with Gasteiger partial charge in [-0.05, 0) is 19.9 Å². The van der Waals surface area contributed by atoms with Crippen molar-refractivity contribution in [3.05, 3.63) is 41.3 Å². The zero-order valence-corrected chi connectivity index (χ0v) is 12.0. The lowest BCUT2D eigenvalue weighted by atomic mass is 10.3. The van der Waals surface area contributed by atoms with Crippen LogP contribution in [0.15, 0.2) is 16.7 Å². The molecule has 2 heterocycles. The number of aryl methyl sites for hydroxylation is 1. The number of fused-ring (bicyclic) bond motifs is 1. The Morgan fingerprint density at radius 3 is 2.71 bits per heavy atom. The van der Waals surface area contributed by atoms with Gasteiger partial charge in [-0.25, -0.2) is 13.8 Å². The van der Waals surface area contributed by atoms with E-state index in [1.807, 2.05) is 0 Å². The summed E-state index contributed by atoms with van der Waals surface area (Å²) in [6.07, 6.45) is 0. The van der Waals surface area contributed by atoms with Crippen molar-refractivity contribution in [1.29, 1.82) is 0 Å². The average Bonchev–Trinajstić information content (AvgIpc) is 2.95. The Morgan fingerprint density at radius 2 is 2.10 bits per heavy atom. The minimum atomic E-state index is -0.732. The second-order valence-electron chi connectivity index (χ2n) is 4.66. The molecule has 5 nitrogen and oxygen atoms in total. The van der Waals surface area contributed by atoms with E-state index in [4.69, 9.17) is 16.1 Å². The van der Waals surface area contributed by atoms with Crippen molar-refractivity contribution >= 4 is 22.6 Å². The molecule has 0 saturated carbocycles. The number of benzene rings is 1. The minimum absolute atomic E-state index is 0.0649. The lowest BCUT2D eigenvalue weighted by molar-refractivity contribution is 0.367. The largest absolute Gasteiger partial charge is 0.337 e. The fourth-order valence-corrected chi connectivity index (χ4v) is 2.34. The van der Waals surface area contributed by atoms with Gasteiger partial charge in [0.25, 0.3) is 0 Å². The Hall–Kier alpha value is -2.02. The summed E-state index contributed by atoms with van der Waals surface area (Å²) in [6.45, 7) is 3.53. The molecule has 0 amide bonds. The number of hydrogen-bond donors (Lipinski definition) is 0. The van der Waals surface area contributed by atoms with E-state index in [1.165, 1.54) is 6.07 Å². The van der Waals surface area contributed by atoms with E-state index < -0.39 is 17.0 Å². The van der Waals surface area contributed by atoms with Crippen molar-refractivity contribution in [2.24, 2.45) is 0 Å². The predicted molar refractivity (Wildman–Crippen MR) is 72.1 cm³/mol. The molecule has 0 bridgehead atoms. The fraction of sp³-hybridized carbons (Fsp3) is 0.308. The third-order valence-corrected chi connectivity index (χ3v) is 3.22. The smallest absolute Gasteiger partial charge is 0.246 e. The molecular weight excluding hydrogens is 302 g/mol. The van der Waals surface area contributed by atoms with Crippen molar-refractivity contribution in [3.8, 4) is 0 Å². The van der Waals surface area contributed by atoms with Gasteiger partial charge in [-0.3, -0.25) is 0 Å². The summed E-state index contributed by atoms with van der Waals surface area (Å²) < 4.78 is 33.9. The molecule has 0 fully saturated rings. The molecule has 3 rings (SSSR count). The first-order valence-electron chi connectivity index (χ1n) is 6.24. The number of alkyl halides is 1. The monoisotopic (exact) mass is 312 g/mol. The van der Waals surface area contributed by atoms with Crippen LogP contribution in [0.3, 0.4) is 0 Å². The molecule has 0 saturated heterocycles.